The number of aromatic amines is 1. The van der Waals surface area contributed by atoms with Crippen molar-refractivity contribution in [1.82, 2.24) is 19.1 Å². The van der Waals surface area contributed by atoms with Gasteiger partial charge in [-0.1, -0.05) is 34.8 Å². The molecular weight excluding hydrogens is 252 g/mol. The fourth-order valence-electron chi connectivity index (χ4n) is 1.71. The molecule has 18 heavy (non-hydrogen) atoms. The van der Waals surface area contributed by atoms with Gasteiger partial charge in [-0.25, -0.2) is 4.79 Å². The Morgan fingerprint density at radius 2 is 2.00 bits per heavy atom. The molecule has 0 spiro atoms. The summed E-state index contributed by atoms with van der Waals surface area (Å²) < 4.78 is 5.18. The molecule has 0 amide bonds. The molecule has 3 rings (SSSR count). The van der Waals surface area contributed by atoms with E-state index in [1.165, 1.54) is 0 Å². The van der Waals surface area contributed by atoms with Crippen LogP contribution in [-0.2, 0) is 6.54 Å². The summed E-state index contributed by atoms with van der Waals surface area (Å²) in [6.07, 6.45) is 0. The Morgan fingerprint density at radius 3 is 2.78 bits per heavy atom. The van der Waals surface area contributed by atoms with E-state index in [0.717, 1.165) is 21.7 Å². The average Bonchev–Trinajstić information content (AvgIpc) is 2.84. The van der Waals surface area contributed by atoms with Gasteiger partial charge in [-0.05, 0) is 17.1 Å². The van der Waals surface area contributed by atoms with Gasteiger partial charge >= 0.3 is 5.69 Å². The fraction of sp³-hybridized carbons (Fsp3) is 0.0909. The van der Waals surface area contributed by atoms with Gasteiger partial charge in [0.15, 0.2) is 10.3 Å². The lowest BCUT2D eigenvalue weighted by Crippen LogP contribution is -2.34. The number of nitrogens with one attached hydrogen (secondary N) is 1. The SMILES string of the molecule is O=c1[nH]c2nnsc2c(=O)n1Cc1ccccc1. The lowest BCUT2D eigenvalue weighted by Gasteiger charge is -2.03. The van der Waals surface area contributed by atoms with E-state index in [2.05, 4.69) is 14.6 Å². The van der Waals surface area contributed by atoms with E-state index in [1.54, 1.807) is 0 Å². The van der Waals surface area contributed by atoms with Crippen molar-refractivity contribution in [3.8, 4) is 0 Å². The van der Waals surface area contributed by atoms with E-state index in [0.29, 0.717) is 4.70 Å². The van der Waals surface area contributed by atoms with Gasteiger partial charge in [0, 0.05) is 0 Å². The van der Waals surface area contributed by atoms with Crippen LogP contribution in [0.3, 0.4) is 0 Å². The third-order valence-electron chi connectivity index (χ3n) is 2.58. The minimum Gasteiger partial charge on any atom is -0.289 e. The van der Waals surface area contributed by atoms with Crippen molar-refractivity contribution in [3.05, 3.63) is 56.7 Å². The van der Waals surface area contributed by atoms with Crippen LogP contribution >= 0.6 is 11.5 Å². The molecule has 7 heteroatoms. The lowest BCUT2D eigenvalue weighted by molar-refractivity contribution is 0.711. The van der Waals surface area contributed by atoms with Crippen LogP contribution in [0.4, 0.5) is 0 Å². The summed E-state index contributed by atoms with van der Waals surface area (Å²) in [6.45, 7) is 0.239. The van der Waals surface area contributed by atoms with Crippen LogP contribution in [0.2, 0.25) is 0 Å². The maximum absolute atomic E-state index is 12.1. The maximum atomic E-state index is 12.1. The highest BCUT2D eigenvalue weighted by molar-refractivity contribution is 7.12. The first-order valence-electron chi connectivity index (χ1n) is 5.25. The Bertz CT molecular complexity index is 803. The van der Waals surface area contributed by atoms with Crippen LogP contribution in [0.25, 0.3) is 10.3 Å². The predicted molar refractivity (Wildman–Crippen MR) is 67.8 cm³/mol. The number of nitrogens with zero attached hydrogens (tertiary/aromatic N) is 3. The Kier molecular flexibility index (Phi) is 2.52. The third-order valence-corrected chi connectivity index (χ3v) is 3.30. The Morgan fingerprint density at radius 1 is 1.22 bits per heavy atom. The second kappa shape index (κ2) is 4.19. The van der Waals surface area contributed by atoms with E-state index in [-0.39, 0.29) is 17.8 Å². The normalized spacial score (nSPS) is 10.9. The number of aromatic nitrogens is 4. The number of benzene rings is 1. The lowest BCUT2D eigenvalue weighted by atomic mass is 10.2. The first kappa shape index (κ1) is 10.8. The van der Waals surface area contributed by atoms with Gasteiger partial charge < -0.3 is 0 Å². The molecule has 6 nitrogen and oxygen atoms in total. The van der Waals surface area contributed by atoms with Crippen LogP contribution in [0.15, 0.2) is 39.9 Å². The zero-order valence-electron chi connectivity index (χ0n) is 9.16. The van der Waals surface area contributed by atoms with Crippen LogP contribution in [0.1, 0.15) is 5.56 Å². The summed E-state index contributed by atoms with van der Waals surface area (Å²) >= 11 is 0.983. The third kappa shape index (κ3) is 1.74. The van der Waals surface area contributed by atoms with E-state index in [1.807, 2.05) is 30.3 Å². The highest BCUT2D eigenvalue weighted by atomic mass is 32.1. The molecule has 0 aliphatic carbocycles. The van der Waals surface area contributed by atoms with Gasteiger partial charge in [0.05, 0.1) is 6.54 Å². The quantitative estimate of drug-likeness (QED) is 0.731. The van der Waals surface area contributed by atoms with Crippen LogP contribution in [0.5, 0.6) is 0 Å². The topological polar surface area (TPSA) is 80.6 Å². The molecule has 0 fully saturated rings. The summed E-state index contributed by atoms with van der Waals surface area (Å²) in [4.78, 5) is 26.4. The highest BCUT2D eigenvalue weighted by Crippen LogP contribution is 2.05. The zero-order chi connectivity index (χ0) is 12.5. The average molecular weight is 260 g/mol. The number of hydrogen-bond acceptors (Lipinski definition) is 5. The number of hydrogen-bond donors (Lipinski definition) is 1. The summed E-state index contributed by atoms with van der Waals surface area (Å²) in [5.74, 6) is 0. The van der Waals surface area contributed by atoms with E-state index >= 15 is 0 Å². The molecule has 0 aliphatic heterocycles. The summed E-state index contributed by atoms with van der Waals surface area (Å²) in [5, 5.41) is 3.69. The molecule has 3 aromatic rings. The number of H-pyrrole nitrogens is 1. The molecule has 0 aliphatic rings. The van der Waals surface area contributed by atoms with Crippen LogP contribution in [-0.4, -0.2) is 19.1 Å². The van der Waals surface area contributed by atoms with Gasteiger partial charge in [0.25, 0.3) is 5.56 Å². The molecule has 2 heterocycles. The molecule has 1 aromatic carbocycles. The van der Waals surface area contributed by atoms with Gasteiger partial charge in [-0.2, -0.15) is 0 Å². The predicted octanol–water partition coefficient (Wildman–Crippen LogP) is 0.590. The second-order valence-electron chi connectivity index (χ2n) is 3.76. The van der Waals surface area contributed by atoms with Crippen molar-refractivity contribution in [2.45, 2.75) is 6.54 Å². The summed E-state index contributed by atoms with van der Waals surface area (Å²) in [7, 11) is 0. The van der Waals surface area contributed by atoms with Crippen LogP contribution < -0.4 is 11.2 Å². The molecule has 0 unspecified atom stereocenters. The van der Waals surface area contributed by atoms with Crippen molar-refractivity contribution in [3.63, 3.8) is 0 Å². The number of fused-ring (bicyclic) bond motifs is 1. The van der Waals surface area contributed by atoms with Crippen LogP contribution in [0, 0.1) is 0 Å². The molecule has 0 radical (unpaired) electrons. The minimum atomic E-state index is -0.468. The van der Waals surface area contributed by atoms with Gasteiger partial charge in [0.1, 0.15) is 0 Å². The molecule has 0 atom stereocenters. The first-order valence-corrected chi connectivity index (χ1v) is 6.02. The second-order valence-corrected chi connectivity index (χ2v) is 4.51. The molecule has 0 saturated heterocycles. The minimum absolute atomic E-state index is 0.239. The Labute approximate surface area is 105 Å². The Hall–Kier alpha value is -2.28. The van der Waals surface area contributed by atoms with Gasteiger partial charge in [-0.15, -0.1) is 5.10 Å². The van der Waals surface area contributed by atoms with E-state index < -0.39 is 5.69 Å². The summed E-state index contributed by atoms with van der Waals surface area (Å²) in [5.41, 5.74) is 0.317. The van der Waals surface area contributed by atoms with Crippen molar-refractivity contribution in [2.75, 3.05) is 0 Å². The van der Waals surface area contributed by atoms with Crippen molar-refractivity contribution < 1.29 is 0 Å². The first-order chi connectivity index (χ1) is 8.75. The largest absolute Gasteiger partial charge is 0.330 e. The molecular formula is C11H8N4O2S. The number of rotatable bonds is 2. The van der Waals surface area contributed by atoms with Crippen molar-refractivity contribution >= 4 is 21.9 Å². The highest BCUT2D eigenvalue weighted by Gasteiger charge is 2.10. The smallest absolute Gasteiger partial charge is 0.289 e. The molecule has 1 N–H and O–H groups in total. The van der Waals surface area contributed by atoms with Crippen molar-refractivity contribution in [1.29, 1.82) is 0 Å². The van der Waals surface area contributed by atoms with Crippen molar-refractivity contribution in [2.24, 2.45) is 0 Å². The summed E-state index contributed by atoms with van der Waals surface area (Å²) in [6, 6.07) is 9.33. The van der Waals surface area contributed by atoms with E-state index in [4.69, 9.17) is 0 Å². The van der Waals surface area contributed by atoms with E-state index in [9.17, 15) is 9.59 Å². The Balaban J connectivity index is 2.18. The maximum Gasteiger partial charge on any atom is 0.330 e. The van der Waals surface area contributed by atoms with Gasteiger partial charge in [0.2, 0.25) is 0 Å². The monoisotopic (exact) mass is 260 g/mol. The standard InChI is InChI=1S/C11H8N4O2S/c16-10-8-9(13-14-18-8)12-11(17)15(10)6-7-4-2-1-3-5-7/h1-5H,6H2,(H,12,17). The zero-order valence-corrected chi connectivity index (χ0v) is 9.98. The molecule has 2 aromatic heterocycles. The molecule has 90 valence electrons. The molecule has 0 saturated carbocycles. The molecule has 0 bridgehead atoms. The van der Waals surface area contributed by atoms with Gasteiger partial charge in [-0.3, -0.25) is 14.3 Å². The fourth-order valence-corrected chi connectivity index (χ4v) is 2.28.